The standard InChI is InChI=1S/C17H23N3O2/c1-12-9-13(10-18)11-20(12)17(22)14-4-6-15(7-5-14)19-8-2-3-16(19)21/h4-7,12-13H,2-3,8-11,18H2,1H3. The van der Waals surface area contributed by atoms with Crippen LogP contribution in [0, 0.1) is 5.92 Å². The van der Waals surface area contributed by atoms with Gasteiger partial charge in [-0.3, -0.25) is 9.59 Å². The van der Waals surface area contributed by atoms with Crippen molar-refractivity contribution < 1.29 is 9.59 Å². The molecule has 3 rings (SSSR count). The van der Waals surface area contributed by atoms with Gasteiger partial charge in [-0.25, -0.2) is 0 Å². The number of carbonyl (C=O) groups is 2. The van der Waals surface area contributed by atoms with Crippen molar-refractivity contribution in [2.75, 3.05) is 24.5 Å². The Kier molecular flexibility index (Phi) is 4.16. The number of benzene rings is 1. The van der Waals surface area contributed by atoms with Gasteiger partial charge < -0.3 is 15.5 Å². The van der Waals surface area contributed by atoms with Gasteiger partial charge in [0, 0.05) is 36.8 Å². The lowest BCUT2D eigenvalue weighted by molar-refractivity contribution is -0.117. The van der Waals surface area contributed by atoms with E-state index in [-0.39, 0.29) is 17.9 Å². The first kappa shape index (κ1) is 15.0. The highest BCUT2D eigenvalue weighted by Crippen LogP contribution is 2.26. The maximum absolute atomic E-state index is 12.6. The molecule has 2 unspecified atom stereocenters. The van der Waals surface area contributed by atoms with E-state index in [2.05, 4.69) is 6.92 Å². The van der Waals surface area contributed by atoms with Crippen molar-refractivity contribution in [3.05, 3.63) is 29.8 Å². The number of nitrogens with two attached hydrogens (primary N) is 1. The average Bonchev–Trinajstić information content (AvgIpc) is 3.12. The van der Waals surface area contributed by atoms with Crippen LogP contribution in [0.4, 0.5) is 5.69 Å². The molecule has 1 aromatic rings. The van der Waals surface area contributed by atoms with E-state index in [1.54, 1.807) is 4.90 Å². The van der Waals surface area contributed by atoms with Crippen LogP contribution < -0.4 is 10.6 Å². The van der Waals surface area contributed by atoms with E-state index in [0.717, 1.165) is 31.6 Å². The minimum absolute atomic E-state index is 0.0581. The molecule has 2 saturated heterocycles. The molecule has 1 aromatic carbocycles. The summed E-state index contributed by atoms with van der Waals surface area (Å²) in [4.78, 5) is 28.1. The molecule has 2 aliphatic rings. The second-order valence-corrected chi connectivity index (χ2v) is 6.34. The first-order valence-electron chi connectivity index (χ1n) is 8.01. The molecule has 5 heteroatoms. The highest BCUT2D eigenvalue weighted by atomic mass is 16.2. The molecule has 118 valence electrons. The highest BCUT2D eigenvalue weighted by Gasteiger charge is 2.32. The van der Waals surface area contributed by atoms with E-state index in [1.165, 1.54) is 0 Å². The van der Waals surface area contributed by atoms with Crippen LogP contribution in [0.1, 0.15) is 36.5 Å². The zero-order chi connectivity index (χ0) is 15.7. The summed E-state index contributed by atoms with van der Waals surface area (Å²) in [5, 5.41) is 0. The summed E-state index contributed by atoms with van der Waals surface area (Å²) >= 11 is 0. The fraction of sp³-hybridized carbons (Fsp3) is 0.529. The fourth-order valence-corrected chi connectivity index (χ4v) is 3.47. The smallest absolute Gasteiger partial charge is 0.254 e. The molecular weight excluding hydrogens is 278 g/mol. The second kappa shape index (κ2) is 6.08. The van der Waals surface area contributed by atoms with E-state index in [9.17, 15) is 9.59 Å². The maximum atomic E-state index is 12.6. The van der Waals surface area contributed by atoms with Crippen molar-refractivity contribution >= 4 is 17.5 Å². The van der Waals surface area contributed by atoms with Crippen molar-refractivity contribution in [2.24, 2.45) is 11.7 Å². The molecule has 0 spiro atoms. The van der Waals surface area contributed by atoms with Gasteiger partial charge in [0.05, 0.1) is 0 Å². The number of rotatable bonds is 3. The lowest BCUT2D eigenvalue weighted by Crippen LogP contribution is -2.34. The summed E-state index contributed by atoms with van der Waals surface area (Å²) in [5.41, 5.74) is 7.29. The summed E-state index contributed by atoms with van der Waals surface area (Å²) in [6, 6.07) is 7.63. The van der Waals surface area contributed by atoms with Crippen LogP contribution in [-0.4, -0.2) is 42.4 Å². The quantitative estimate of drug-likeness (QED) is 0.922. The molecule has 0 aliphatic carbocycles. The summed E-state index contributed by atoms with van der Waals surface area (Å²) < 4.78 is 0. The van der Waals surface area contributed by atoms with Gasteiger partial charge >= 0.3 is 0 Å². The monoisotopic (exact) mass is 301 g/mol. The molecule has 0 aromatic heterocycles. The van der Waals surface area contributed by atoms with Crippen molar-refractivity contribution in [1.29, 1.82) is 0 Å². The van der Waals surface area contributed by atoms with E-state index < -0.39 is 0 Å². The maximum Gasteiger partial charge on any atom is 0.254 e. The second-order valence-electron chi connectivity index (χ2n) is 6.34. The van der Waals surface area contributed by atoms with Crippen molar-refractivity contribution in [3.8, 4) is 0 Å². The van der Waals surface area contributed by atoms with Gasteiger partial charge in [0.1, 0.15) is 0 Å². The Labute approximate surface area is 131 Å². The zero-order valence-corrected chi connectivity index (χ0v) is 13.0. The number of hydrogen-bond donors (Lipinski definition) is 1. The van der Waals surface area contributed by atoms with Crippen molar-refractivity contribution in [3.63, 3.8) is 0 Å². The molecule has 2 amide bonds. The largest absolute Gasteiger partial charge is 0.336 e. The fourth-order valence-electron chi connectivity index (χ4n) is 3.47. The first-order valence-corrected chi connectivity index (χ1v) is 8.01. The van der Waals surface area contributed by atoms with Gasteiger partial charge in [0.25, 0.3) is 5.91 Å². The number of likely N-dealkylation sites (tertiary alicyclic amines) is 1. The van der Waals surface area contributed by atoms with Crippen LogP contribution in [0.2, 0.25) is 0 Å². The number of anilines is 1. The molecule has 22 heavy (non-hydrogen) atoms. The van der Waals surface area contributed by atoms with Crippen LogP contribution in [0.15, 0.2) is 24.3 Å². The summed E-state index contributed by atoms with van der Waals surface area (Å²) in [5.74, 6) is 0.626. The number of carbonyl (C=O) groups excluding carboxylic acids is 2. The average molecular weight is 301 g/mol. The topological polar surface area (TPSA) is 66.6 Å². The predicted molar refractivity (Wildman–Crippen MR) is 85.7 cm³/mol. The van der Waals surface area contributed by atoms with Crippen molar-refractivity contribution in [1.82, 2.24) is 4.90 Å². The van der Waals surface area contributed by atoms with E-state index in [1.807, 2.05) is 29.2 Å². The van der Waals surface area contributed by atoms with E-state index in [4.69, 9.17) is 5.73 Å². The third-order valence-corrected chi connectivity index (χ3v) is 4.75. The molecule has 0 bridgehead atoms. The van der Waals surface area contributed by atoms with E-state index in [0.29, 0.717) is 24.4 Å². The van der Waals surface area contributed by atoms with Gasteiger partial charge in [-0.2, -0.15) is 0 Å². The lowest BCUT2D eigenvalue weighted by Gasteiger charge is -2.22. The predicted octanol–water partition coefficient (Wildman–Crippen LogP) is 1.62. The number of amides is 2. The Hall–Kier alpha value is -1.88. The number of hydrogen-bond acceptors (Lipinski definition) is 3. The van der Waals surface area contributed by atoms with Gasteiger partial charge in [-0.1, -0.05) is 0 Å². The van der Waals surface area contributed by atoms with Gasteiger partial charge in [-0.15, -0.1) is 0 Å². The molecule has 2 N–H and O–H groups in total. The van der Waals surface area contributed by atoms with Crippen LogP contribution in [0.5, 0.6) is 0 Å². The molecule has 0 radical (unpaired) electrons. The molecule has 2 atom stereocenters. The lowest BCUT2D eigenvalue weighted by atomic mass is 10.1. The highest BCUT2D eigenvalue weighted by molar-refractivity contribution is 5.97. The molecule has 2 heterocycles. The van der Waals surface area contributed by atoms with E-state index >= 15 is 0 Å². The van der Waals surface area contributed by atoms with Crippen LogP contribution in [0.25, 0.3) is 0 Å². The zero-order valence-electron chi connectivity index (χ0n) is 13.0. The third kappa shape index (κ3) is 2.73. The summed E-state index contributed by atoms with van der Waals surface area (Å²) in [6.07, 6.45) is 2.50. The first-order chi connectivity index (χ1) is 10.6. The Morgan fingerprint density at radius 3 is 2.59 bits per heavy atom. The minimum Gasteiger partial charge on any atom is -0.336 e. The van der Waals surface area contributed by atoms with Gasteiger partial charge in [0.15, 0.2) is 0 Å². The normalized spacial score (nSPS) is 25.1. The van der Waals surface area contributed by atoms with Crippen molar-refractivity contribution in [2.45, 2.75) is 32.2 Å². The van der Waals surface area contributed by atoms with Crippen LogP contribution in [-0.2, 0) is 4.79 Å². The van der Waals surface area contributed by atoms with Crippen LogP contribution >= 0.6 is 0 Å². The molecule has 2 fully saturated rings. The summed E-state index contributed by atoms with van der Waals surface area (Å²) in [6.45, 7) is 4.21. The Balaban J connectivity index is 1.72. The Morgan fingerprint density at radius 2 is 2.05 bits per heavy atom. The molecular formula is C17H23N3O2. The molecule has 2 aliphatic heterocycles. The van der Waals surface area contributed by atoms with Crippen LogP contribution in [0.3, 0.4) is 0 Å². The molecule has 0 saturated carbocycles. The minimum atomic E-state index is 0.0581. The number of nitrogens with zero attached hydrogens (tertiary/aromatic N) is 2. The Bertz CT molecular complexity index is 570. The summed E-state index contributed by atoms with van der Waals surface area (Å²) in [7, 11) is 0. The SMILES string of the molecule is CC1CC(CN)CN1C(=O)c1ccc(N2CCCC2=O)cc1. The molecule has 5 nitrogen and oxygen atoms in total. The van der Waals surface area contributed by atoms with Gasteiger partial charge in [-0.05, 0) is 56.5 Å². The third-order valence-electron chi connectivity index (χ3n) is 4.75. The van der Waals surface area contributed by atoms with Gasteiger partial charge in [0.2, 0.25) is 5.91 Å². The Morgan fingerprint density at radius 1 is 1.32 bits per heavy atom.